The van der Waals surface area contributed by atoms with Gasteiger partial charge in [0.2, 0.25) is 6.29 Å². The zero-order valence-electron chi connectivity index (χ0n) is 9.39. The van der Waals surface area contributed by atoms with Crippen LogP contribution in [0.3, 0.4) is 0 Å². The molecule has 4 atom stereocenters. The Labute approximate surface area is 103 Å². The molecule has 0 saturated carbocycles. The minimum atomic E-state index is -1.07. The van der Waals surface area contributed by atoms with Crippen molar-refractivity contribution in [2.45, 2.75) is 24.6 Å². The average molecular weight is 252 g/mol. The number of carbonyl (C=O) groups is 1. The summed E-state index contributed by atoms with van der Waals surface area (Å²) >= 11 is 0. The Morgan fingerprint density at radius 3 is 2.78 bits per heavy atom. The summed E-state index contributed by atoms with van der Waals surface area (Å²) in [5.74, 6) is 0.574. The largest absolute Gasteiger partial charge is 0.509 e. The Morgan fingerprint density at radius 2 is 2.00 bits per heavy atom. The summed E-state index contributed by atoms with van der Waals surface area (Å²) in [5, 5.41) is 10.0. The van der Waals surface area contributed by atoms with E-state index in [2.05, 4.69) is 0 Å². The molecule has 2 aliphatic heterocycles. The van der Waals surface area contributed by atoms with Crippen molar-refractivity contribution in [3.63, 3.8) is 0 Å². The first-order valence-corrected chi connectivity index (χ1v) is 5.63. The van der Waals surface area contributed by atoms with Crippen LogP contribution in [0.4, 0.5) is 4.79 Å². The minimum absolute atomic E-state index is 0.144. The van der Waals surface area contributed by atoms with E-state index in [0.29, 0.717) is 5.75 Å². The number of aliphatic hydroxyl groups excluding tert-OH is 1. The zero-order chi connectivity index (χ0) is 12.5. The van der Waals surface area contributed by atoms with E-state index >= 15 is 0 Å². The third-order valence-electron chi connectivity index (χ3n) is 2.88. The van der Waals surface area contributed by atoms with Crippen LogP contribution in [0.15, 0.2) is 30.3 Å². The second-order valence-electron chi connectivity index (χ2n) is 4.11. The summed E-state index contributed by atoms with van der Waals surface area (Å²) in [5.41, 5.74) is 0. The molecule has 0 radical (unpaired) electrons. The van der Waals surface area contributed by atoms with Crippen molar-refractivity contribution in [3.8, 4) is 5.75 Å². The molecule has 96 valence electrons. The van der Waals surface area contributed by atoms with Crippen molar-refractivity contribution in [3.05, 3.63) is 30.3 Å². The molecule has 1 aromatic rings. The third kappa shape index (κ3) is 2.00. The summed E-state index contributed by atoms with van der Waals surface area (Å²) in [6.45, 7) is 0.144. The SMILES string of the molecule is O=C1O[C@@H]2[C@@H](O)[C@H](Oc3ccccc3)OC[C@@H]2O1. The number of hydrogen-bond acceptors (Lipinski definition) is 6. The Bertz CT molecular complexity index is 433. The van der Waals surface area contributed by atoms with E-state index in [4.69, 9.17) is 18.9 Å². The topological polar surface area (TPSA) is 74.2 Å². The first kappa shape index (κ1) is 11.3. The number of hydrogen-bond donors (Lipinski definition) is 1. The number of ether oxygens (including phenoxy) is 4. The number of benzene rings is 1. The van der Waals surface area contributed by atoms with Crippen LogP contribution in [0.25, 0.3) is 0 Å². The summed E-state index contributed by atoms with van der Waals surface area (Å²) in [4.78, 5) is 11.0. The van der Waals surface area contributed by atoms with Crippen molar-refractivity contribution in [1.29, 1.82) is 0 Å². The molecule has 3 rings (SSSR count). The standard InChI is InChI=1S/C12H12O6/c13-9-10-8(17-12(14)18-10)6-15-11(9)16-7-4-2-1-3-5-7/h1-5,8-11,13H,6H2/t8-,9+,10-,11-/m0/s1. The summed E-state index contributed by atoms with van der Waals surface area (Å²) in [6, 6.07) is 8.98. The highest BCUT2D eigenvalue weighted by Gasteiger charge is 2.49. The molecule has 18 heavy (non-hydrogen) atoms. The normalized spacial score (nSPS) is 34.4. The van der Waals surface area contributed by atoms with Gasteiger partial charge in [-0.3, -0.25) is 0 Å². The van der Waals surface area contributed by atoms with Gasteiger partial charge in [0.25, 0.3) is 0 Å². The number of rotatable bonds is 2. The van der Waals surface area contributed by atoms with Crippen LogP contribution in [-0.4, -0.2) is 42.5 Å². The van der Waals surface area contributed by atoms with Crippen LogP contribution in [-0.2, 0) is 14.2 Å². The maximum atomic E-state index is 11.0. The molecule has 6 heteroatoms. The maximum absolute atomic E-state index is 11.0. The molecule has 1 aromatic carbocycles. The predicted molar refractivity (Wildman–Crippen MR) is 58.0 cm³/mol. The monoisotopic (exact) mass is 252 g/mol. The van der Waals surface area contributed by atoms with E-state index in [1.165, 1.54) is 0 Å². The van der Waals surface area contributed by atoms with E-state index in [-0.39, 0.29) is 6.61 Å². The second-order valence-corrected chi connectivity index (χ2v) is 4.11. The molecule has 0 amide bonds. The van der Waals surface area contributed by atoms with Gasteiger partial charge in [0, 0.05) is 0 Å². The fourth-order valence-electron chi connectivity index (χ4n) is 2.00. The minimum Gasteiger partial charge on any atom is -0.462 e. The molecule has 0 spiro atoms. The number of aliphatic hydroxyl groups is 1. The first-order chi connectivity index (χ1) is 8.74. The van der Waals surface area contributed by atoms with E-state index in [1.54, 1.807) is 12.1 Å². The van der Waals surface area contributed by atoms with Crippen LogP contribution in [0, 0.1) is 0 Å². The number of carbonyl (C=O) groups excluding carboxylic acids is 1. The molecule has 2 saturated heterocycles. The first-order valence-electron chi connectivity index (χ1n) is 5.63. The van der Waals surface area contributed by atoms with Gasteiger partial charge >= 0.3 is 6.16 Å². The molecule has 0 aliphatic carbocycles. The lowest BCUT2D eigenvalue weighted by Gasteiger charge is -2.33. The van der Waals surface area contributed by atoms with Gasteiger partial charge in [0.1, 0.15) is 5.75 Å². The van der Waals surface area contributed by atoms with Crippen LogP contribution in [0.1, 0.15) is 0 Å². The Kier molecular flexibility index (Phi) is 2.81. The Morgan fingerprint density at radius 1 is 1.22 bits per heavy atom. The molecule has 2 aliphatic rings. The van der Waals surface area contributed by atoms with Gasteiger partial charge in [-0.05, 0) is 12.1 Å². The van der Waals surface area contributed by atoms with Crippen LogP contribution < -0.4 is 4.74 Å². The highest BCUT2D eigenvalue weighted by molar-refractivity contribution is 5.62. The quantitative estimate of drug-likeness (QED) is 0.780. The molecule has 1 N–H and O–H groups in total. The predicted octanol–water partition coefficient (Wildman–Crippen LogP) is 0.687. The van der Waals surface area contributed by atoms with Gasteiger partial charge in [-0.25, -0.2) is 4.79 Å². The lowest BCUT2D eigenvalue weighted by atomic mass is 10.1. The maximum Gasteiger partial charge on any atom is 0.509 e. The Balaban J connectivity index is 1.69. The van der Waals surface area contributed by atoms with Gasteiger partial charge < -0.3 is 24.1 Å². The number of para-hydroxylation sites is 1. The average Bonchev–Trinajstić information content (AvgIpc) is 2.76. The molecule has 0 aromatic heterocycles. The van der Waals surface area contributed by atoms with Gasteiger partial charge in [-0.2, -0.15) is 0 Å². The lowest BCUT2D eigenvalue weighted by Crippen LogP contribution is -2.53. The second kappa shape index (κ2) is 4.47. The van der Waals surface area contributed by atoms with Crippen molar-refractivity contribution >= 4 is 6.16 Å². The summed E-state index contributed by atoms with van der Waals surface area (Å²) in [6.07, 6.45) is -4.03. The summed E-state index contributed by atoms with van der Waals surface area (Å²) < 4.78 is 20.5. The van der Waals surface area contributed by atoms with E-state index in [0.717, 1.165) is 0 Å². The molecule has 2 heterocycles. The smallest absolute Gasteiger partial charge is 0.462 e. The van der Waals surface area contributed by atoms with Gasteiger partial charge in [-0.15, -0.1) is 0 Å². The molecular weight excluding hydrogens is 240 g/mol. The Hall–Kier alpha value is -1.79. The number of fused-ring (bicyclic) bond motifs is 1. The highest BCUT2D eigenvalue weighted by atomic mass is 16.8. The van der Waals surface area contributed by atoms with Crippen LogP contribution in [0.2, 0.25) is 0 Å². The van der Waals surface area contributed by atoms with Crippen LogP contribution >= 0.6 is 0 Å². The van der Waals surface area contributed by atoms with E-state index in [1.807, 2.05) is 18.2 Å². The van der Waals surface area contributed by atoms with Crippen molar-refractivity contribution in [2.24, 2.45) is 0 Å². The highest BCUT2D eigenvalue weighted by Crippen LogP contribution is 2.27. The molecule has 6 nitrogen and oxygen atoms in total. The summed E-state index contributed by atoms with van der Waals surface area (Å²) in [7, 11) is 0. The third-order valence-corrected chi connectivity index (χ3v) is 2.88. The van der Waals surface area contributed by atoms with Crippen molar-refractivity contribution in [1.82, 2.24) is 0 Å². The fraction of sp³-hybridized carbons (Fsp3) is 0.417. The van der Waals surface area contributed by atoms with Crippen LogP contribution in [0.5, 0.6) is 5.75 Å². The van der Waals surface area contributed by atoms with E-state index < -0.39 is 30.8 Å². The van der Waals surface area contributed by atoms with Crippen molar-refractivity contribution in [2.75, 3.05) is 6.61 Å². The lowest BCUT2D eigenvalue weighted by molar-refractivity contribution is -0.217. The van der Waals surface area contributed by atoms with Gasteiger partial charge in [0.15, 0.2) is 18.3 Å². The van der Waals surface area contributed by atoms with Crippen molar-refractivity contribution < 1.29 is 28.8 Å². The molecule has 0 bridgehead atoms. The van der Waals surface area contributed by atoms with E-state index in [9.17, 15) is 9.90 Å². The molecule has 2 fully saturated rings. The molecule has 0 unspecified atom stereocenters. The van der Waals surface area contributed by atoms with Gasteiger partial charge in [-0.1, -0.05) is 18.2 Å². The van der Waals surface area contributed by atoms with Gasteiger partial charge in [0.05, 0.1) is 6.61 Å². The molecular formula is C12H12O6. The fourth-order valence-corrected chi connectivity index (χ4v) is 2.00. The zero-order valence-corrected chi connectivity index (χ0v) is 9.39.